The van der Waals surface area contributed by atoms with Gasteiger partial charge in [0.1, 0.15) is 5.69 Å². The Hall–Kier alpha value is -2.09. The zero-order valence-corrected chi connectivity index (χ0v) is 10.7. The van der Waals surface area contributed by atoms with Gasteiger partial charge in [-0.2, -0.15) is 15.0 Å². The lowest BCUT2D eigenvalue weighted by molar-refractivity contribution is -0.149. The van der Waals surface area contributed by atoms with Gasteiger partial charge in [-0.05, 0) is 12.8 Å². The van der Waals surface area contributed by atoms with Crippen molar-refractivity contribution in [1.29, 1.82) is 0 Å². The predicted molar refractivity (Wildman–Crippen MR) is 64.6 cm³/mol. The number of rotatable bonds is 5. The third-order valence-electron chi connectivity index (χ3n) is 2.96. The largest absolute Gasteiger partial charge is 0.455 e. The van der Waals surface area contributed by atoms with Crippen LogP contribution >= 0.6 is 11.3 Å². The van der Waals surface area contributed by atoms with Crippen LogP contribution in [0.3, 0.4) is 0 Å². The molecule has 0 spiro atoms. The number of nitrogens with zero attached hydrogens (tertiary/aromatic N) is 4. The van der Waals surface area contributed by atoms with Gasteiger partial charge >= 0.3 is 5.97 Å². The summed E-state index contributed by atoms with van der Waals surface area (Å²) in [7, 11) is 0. The molecule has 0 unspecified atom stereocenters. The quantitative estimate of drug-likeness (QED) is 0.589. The van der Waals surface area contributed by atoms with Crippen molar-refractivity contribution in [1.82, 2.24) is 20.0 Å². The average molecular weight is 278 g/mol. The van der Waals surface area contributed by atoms with Crippen LogP contribution in [0.15, 0.2) is 23.3 Å². The Morgan fingerprint density at radius 2 is 2.11 bits per heavy atom. The number of esters is 1. The van der Waals surface area contributed by atoms with E-state index in [2.05, 4.69) is 15.2 Å². The van der Waals surface area contributed by atoms with Gasteiger partial charge in [0.25, 0.3) is 0 Å². The SMILES string of the molecule is O=C(COC(=O)C1(n2nccn2)CC1)c1cscn1. The number of thiazole rings is 1. The summed E-state index contributed by atoms with van der Waals surface area (Å²) in [5, 5.41) is 9.54. The Morgan fingerprint density at radius 1 is 1.37 bits per heavy atom. The van der Waals surface area contributed by atoms with E-state index in [1.165, 1.54) is 28.5 Å². The minimum absolute atomic E-state index is 0.300. The summed E-state index contributed by atoms with van der Waals surface area (Å²) in [6.07, 6.45) is 4.28. The smallest absolute Gasteiger partial charge is 0.336 e. The Balaban J connectivity index is 1.62. The highest BCUT2D eigenvalue weighted by Gasteiger charge is 2.55. The van der Waals surface area contributed by atoms with Gasteiger partial charge in [0.05, 0.1) is 17.9 Å². The van der Waals surface area contributed by atoms with E-state index in [4.69, 9.17) is 4.74 Å². The number of carbonyl (C=O) groups is 2. The first-order chi connectivity index (χ1) is 9.22. The van der Waals surface area contributed by atoms with E-state index in [1.807, 2.05) is 0 Å². The molecule has 2 aromatic heterocycles. The minimum Gasteiger partial charge on any atom is -0.455 e. The van der Waals surface area contributed by atoms with Crippen LogP contribution < -0.4 is 0 Å². The first-order valence-electron chi connectivity index (χ1n) is 5.68. The molecule has 2 heterocycles. The molecular weight excluding hydrogens is 268 g/mol. The van der Waals surface area contributed by atoms with Crippen LogP contribution in [0.2, 0.25) is 0 Å². The van der Waals surface area contributed by atoms with Gasteiger partial charge in [-0.15, -0.1) is 11.3 Å². The molecule has 0 radical (unpaired) electrons. The number of Topliss-reactive ketones (excluding diaryl/α,β-unsaturated/α-hetero) is 1. The molecule has 19 heavy (non-hydrogen) atoms. The van der Waals surface area contributed by atoms with Gasteiger partial charge in [0, 0.05) is 5.38 Å². The highest BCUT2D eigenvalue weighted by atomic mass is 32.1. The van der Waals surface area contributed by atoms with Crippen LogP contribution in [0.5, 0.6) is 0 Å². The molecule has 0 bridgehead atoms. The molecule has 1 aliphatic carbocycles. The predicted octanol–water partition coefficient (Wildman–Crippen LogP) is 0.650. The molecule has 0 N–H and O–H groups in total. The summed E-state index contributed by atoms with van der Waals surface area (Å²) in [5.74, 6) is -0.772. The summed E-state index contributed by atoms with van der Waals surface area (Å²) >= 11 is 1.32. The van der Waals surface area contributed by atoms with Crippen molar-refractivity contribution in [2.45, 2.75) is 18.4 Å². The van der Waals surface area contributed by atoms with Crippen LogP contribution in [0, 0.1) is 0 Å². The maximum Gasteiger partial charge on any atom is 0.336 e. The molecule has 1 saturated carbocycles. The first kappa shape index (κ1) is 12.0. The summed E-state index contributed by atoms with van der Waals surface area (Å²) < 4.78 is 5.05. The van der Waals surface area contributed by atoms with Crippen LogP contribution in [-0.2, 0) is 15.1 Å². The van der Waals surface area contributed by atoms with Gasteiger partial charge in [0.2, 0.25) is 5.78 Å². The number of ketones is 1. The highest BCUT2D eigenvalue weighted by molar-refractivity contribution is 7.07. The zero-order chi connectivity index (χ0) is 13.3. The van der Waals surface area contributed by atoms with Gasteiger partial charge in [-0.3, -0.25) is 4.79 Å². The number of hydrogen-bond acceptors (Lipinski definition) is 7. The number of carbonyl (C=O) groups excluding carboxylic acids is 2. The maximum atomic E-state index is 12.0. The topological polar surface area (TPSA) is 87.0 Å². The monoisotopic (exact) mass is 278 g/mol. The second kappa shape index (κ2) is 4.54. The van der Waals surface area contributed by atoms with Crippen molar-refractivity contribution in [2.75, 3.05) is 6.61 Å². The number of hydrogen-bond donors (Lipinski definition) is 0. The summed E-state index contributed by atoms with van der Waals surface area (Å²) in [6.45, 7) is -0.300. The second-order valence-corrected chi connectivity index (χ2v) is 4.94. The molecule has 8 heteroatoms. The Labute approximate surface area is 112 Å². The molecule has 1 aliphatic rings. The summed E-state index contributed by atoms with van der Waals surface area (Å²) in [5.41, 5.74) is 1.07. The lowest BCUT2D eigenvalue weighted by atomic mass is 10.3. The molecule has 0 amide bonds. The Morgan fingerprint density at radius 3 is 2.68 bits per heavy atom. The third kappa shape index (κ3) is 2.14. The molecule has 0 aliphatic heterocycles. The molecule has 2 aromatic rings. The lowest BCUT2D eigenvalue weighted by Gasteiger charge is -2.12. The van der Waals surface area contributed by atoms with E-state index in [1.54, 1.807) is 10.9 Å². The molecule has 7 nitrogen and oxygen atoms in total. The van der Waals surface area contributed by atoms with E-state index >= 15 is 0 Å². The number of aromatic nitrogens is 4. The van der Waals surface area contributed by atoms with Gasteiger partial charge in [-0.25, -0.2) is 9.78 Å². The highest BCUT2D eigenvalue weighted by Crippen LogP contribution is 2.43. The van der Waals surface area contributed by atoms with Crippen LogP contribution in [0.25, 0.3) is 0 Å². The zero-order valence-electron chi connectivity index (χ0n) is 9.85. The van der Waals surface area contributed by atoms with E-state index in [-0.39, 0.29) is 12.4 Å². The fourth-order valence-electron chi connectivity index (χ4n) is 1.73. The Kier molecular flexibility index (Phi) is 2.86. The fraction of sp³-hybridized carbons (Fsp3) is 0.364. The van der Waals surface area contributed by atoms with Crippen molar-refractivity contribution in [3.05, 3.63) is 29.0 Å². The van der Waals surface area contributed by atoms with Crippen molar-refractivity contribution in [3.63, 3.8) is 0 Å². The molecule has 1 fully saturated rings. The summed E-state index contributed by atoms with van der Waals surface area (Å²) in [6, 6.07) is 0. The molecule has 0 aromatic carbocycles. The Bertz CT molecular complexity index is 590. The number of ether oxygens (including phenoxy) is 1. The van der Waals surface area contributed by atoms with E-state index in [9.17, 15) is 9.59 Å². The normalized spacial score (nSPS) is 16.0. The van der Waals surface area contributed by atoms with Crippen molar-refractivity contribution in [2.24, 2.45) is 0 Å². The molecular formula is C11H10N4O3S. The molecule has 3 rings (SSSR count). The average Bonchev–Trinajstić information content (AvgIpc) is 2.90. The minimum atomic E-state index is -0.814. The summed E-state index contributed by atoms with van der Waals surface area (Å²) in [4.78, 5) is 28.9. The van der Waals surface area contributed by atoms with E-state index < -0.39 is 11.5 Å². The van der Waals surface area contributed by atoms with Crippen molar-refractivity contribution >= 4 is 23.1 Å². The standard InChI is InChI=1S/C11H10N4O3S/c16-9(8-6-19-7-12-8)5-18-10(17)11(1-2-11)15-13-3-4-14-15/h3-4,6-7H,1-2,5H2. The van der Waals surface area contributed by atoms with Gasteiger partial charge < -0.3 is 4.74 Å². The van der Waals surface area contributed by atoms with Crippen LogP contribution in [0.4, 0.5) is 0 Å². The van der Waals surface area contributed by atoms with Gasteiger partial charge in [-0.1, -0.05) is 0 Å². The van der Waals surface area contributed by atoms with Crippen molar-refractivity contribution in [3.8, 4) is 0 Å². The van der Waals surface area contributed by atoms with E-state index in [0.29, 0.717) is 18.5 Å². The van der Waals surface area contributed by atoms with Crippen molar-refractivity contribution < 1.29 is 14.3 Å². The fourth-order valence-corrected chi connectivity index (χ4v) is 2.29. The third-order valence-corrected chi connectivity index (χ3v) is 3.54. The van der Waals surface area contributed by atoms with E-state index in [0.717, 1.165) is 0 Å². The van der Waals surface area contributed by atoms with Crippen LogP contribution in [-0.4, -0.2) is 38.3 Å². The first-order valence-corrected chi connectivity index (χ1v) is 6.62. The lowest BCUT2D eigenvalue weighted by Crippen LogP contribution is -2.33. The maximum absolute atomic E-state index is 12.0. The van der Waals surface area contributed by atoms with Gasteiger partial charge in [0.15, 0.2) is 12.1 Å². The van der Waals surface area contributed by atoms with Crippen LogP contribution in [0.1, 0.15) is 23.3 Å². The molecule has 98 valence electrons. The molecule has 0 saturated heterocycles. The second-order valence-electron chi connectivity index (χ2n) is 4.22. The molecule has 0 atom stereocenters.